The molecule has 0 spiro atoms. The maximum Gasteiger partial charge on any atom is 0.137 e. The number of aliphatic hydroxyl groups is 1. The molecule has 1 saturated heterocycles. The number of carbonyl (C=O) groups is 1. The number of piperidine rings is 1. The van der Waals surface area contributed by atoms with Crippen molar-refractivity contribution in [2.45, 2.75) is 64.0 Å². The quantitative estimate of drug-likeness (QED) is 0.815. The van der Waals surface area contributed by atoms with Gasteiger partial charge in [0.05, 0.1) is 6.10 Å². The summed E-state index contributed by atoms with van der Waals surface area (Å²) < 4.78 is 0. The van der Waals surface area contributed by atoms with Gasteiger partial charge in [0.15, 0.2) is 0 Å². The number of hydrogen-bond acceptors (Lipinski definition) is 3. The Hall–Kier alpha value is -0.410. The van der Waals surface area contributed by atoms with Crippen LogP contribution in [0.25, 0.3) is 0 Å². The van der Waals surface area contributed by atoms with Crippen molar-refractivity contribution in [2.24, 2.45) is 5.92 Å². The molecule has 1 saturated carbocycles. The van der Waals surface area contributed by atoms with E-state index < -0.39 is 0 Å². The van der Waals surface area contributed by atoms with E-state index in [-0.39, 0.29) is 12.0 Å². The molecule has 2 fully saturated rings. The molecule has 17 heavy (non-hydrogen) atoms. The first-order valence-corrected chi connectivity index (χ1v) is 7.17. The molecule has 3 nitrogen and oxygen atoms in total. The van der Waals surface area contributed by atoms with Gasteiger partial charge in [0.1, 0.15) is 5.78 Å². The predicted octanol–water partition coefficient (Wildman–Crippen LogP) is 1.98. The molecule has 2 aliphatic rings. The van der Waals surface area contributed by atoms with Gasteiger partial charge >= 0.3 is 0 Å². The Morgan fingerprint density at radius 2 is 2.18 bits per heavy atom. The summed E-state index contributed by atoms with van der Waals surface area (Å²) in [6.07, 6.45) is 7.11. The van der Waals surface area contributed by atoms with E-state index in [1.54, 1.807) is 0 Å². The second-order valence-electron chi connectivity index (χ2n) is 5.59. The zero-order chi connectivity index (χ0) is 12.3. The fourth-order valence-electron chi connectivity index (χ4n) is 3.35. The van der Waals surface area contributed by atoms with Crippen LogP contribution in [-0.4, -0.2) is 41.0 Å². The fraction of sp³-hybridized carbons (Fsp3) is 0.929. The molecule has 3 heteroatoms. The van der Waals surface area contributed by atoms with Crippen LogP contribution in [0.1, 0.15) is 51.9 Å². The number of nitrogens with zero attached hydrogens (tertiary/aromatic N) is 1. The highest BCUT2D eigenvalue weighted by Gasteiger charge is 2.36. The highest BCUT2D eigenvalue weighted by Crippen LogP contribution is 2.32. The van der Waals surface area contributed by atoms with Crippen molar-refractivity contribution in [2.75, 3.05) is 13.1 Å². The van der Waals surface area contributed by atoms with E-state index in [1.807, 2.05) is 6.92 Å². The van der Waals surface area contributed by atoms with Gasteiger partial charge < -0.3 is 5.11 Å². The Kier molecular flexibility index (Phi) is 4.57. The van der Waals surface area contributed by atoms with Gasteiger partial charge in [-0.15, -0.1) is 0 Å². The SMILES string of the molecule is CCC(O)CN1CCCCC1C1CCCC1=O. The monoisotopic (exact) mass is 239 g/mol. The van der Waals surface area contributed by atoms with Crippen LogP contribution in [0.2, 0.25) is 0 Å². The number of hydrogen-bond donors (Lipinski definition) is 1. The Morgan fingerprint density at radius 3 is 2.82 bits per heavy atom. The molecule has 1 heterocycles. The van der Waals surface area contributed by atoms with Crippen LogP contribution >= 0.6 is 0 Å². The third-order valence-electron chi connectivity index (χ3n) is 4.40. The van der Waals surface area contributed by atoms with E-state index in [2.05, 4.69) is 4.90 Å². The molecular weight excluding hydrogens is 214 g/mol. The summed E-state index contributed by atoms with van der Waals surface area (Å²) in [4.78, 5) is 14.3. The van der Waals surface area contributed by atoms with Crippen LogP contribution in [0.5, 0.6) is 0 Å². The molecule has 0 aromatic carbocycles. The molecule has 0 aromatic rings. The molecule has 2 rings (SSSR count). The third-order valence-corrected chi connectivity index (χ3v) is 4.40. The summed E-state index contributed by atoms with van der Waals surface area (Å²) >= 11 is 0. The van der Waals surface area contributed by atoms with E-state index in [0.717, 1.165) is 45.2 Å². The van der Waals surface area contributed by atoms with Gasteiger partial charge in [0.2, 0.25) is 0 Å². The lowest BCUT2D eigenvalue weighted by molar-refractivity contribution is -0.123. The van der Waals surface area contributed by atoms with Crippen LogP contribution in [0.4, 0.5) is 0 Å². The highest BCUT2D eigenvalue weighted by molar-refractivity contribution is 5.83. The Labute approximate surface area is 104 Å². The lowest BCUT2D eigenvalue weighted by Gasteiger charge is -2.39. The molecule has 3 atom stereocenters. The van der Waals surface area contributed by atoms with Crippen LogP contribution in [0.3, 0.4) is 0 Å². The molecular formula is C14H25NO2. The summed E-state index contributed by atoms with van der Waals surface area (Å²) in [6, 6.07) is 0.417. The minimum Gasteiger partial charge on any atom is -0.392 e. The lowest BCUT2D eigenvalue weighted by Crippen LogP contribution is -2.48. The fourth-order valence-corrected chi connectivity index (χ4v) is 3.35. The number of carbonyl (C=O) groups excluding carboxylic acids is 1. The summed E-state index contributed by atoms with van der Waals surface area (Å²) in [5, 5.41) is 9.81. The summed E-state index contributed by atoms with van der Waals surface area (Å²) in [5.41, 5.74) is 0. The maximum absolute atomic E-state index is 11.9. The first-order valence-electron chi connectivity index (χ1n) is 7.17. The zero-order valence-electron chi connectivity index (χ0n) is 10.9. The van der Waals surface area contributed by atoms with E-state index in [0.29, 0.717) is 11.8 Å². The highest BCUT2D eigenvalue weighted by atomic mass is 16.3. The van der Waals surface area contributed by atoms with Gasteiger partial charge in [0.25, 0.3) is 0 Å². The number of Topliss-reactive ketones (excluding diaryl/α,β-unsaturated/α-hetero) is 1. The average molecular weight is 239 g/mol. The van der Waals surface area contributed by atoms with Gasteiger partial charge in [-0.25, -0.2) is 0 Å². The summed E-state index contributed by atoms with van der Waals surface area (Å²) in [6.45, 7) is 3.83. The number of ketones is 1. The van der Waals surface area contributed by atoms with E-state index in [1.165, 1.54) is 12.8 Å². The molecule has 0 aromatic heterocycles. The van der Waals surface area contributed by atoms with Crippen molar-refractivity contribution in [3.8, 4) is 0 Å². The molecule has 0 amide bonds. The van der Waals surface area contributed by atoms with Crippen LogP contribution in [0, 0.1) is 5.92 Å². The van der Waals surface area contributed by atoms with Crippen molar-refractivity contribution in [3.63, 3.8) is 0 Å². The number of likely N-dealkylation sites (tertiary alicyclic amines) is 1. The molecule has 0 bridgehead atoms. The van der Waals surface area contributed by atoms with Crippen molar-refractivity contribution < 1.29 is 9.90 Å². The van der Waals surface area contributed by atoms with Gasteiger partial charge in [-0.05, 0) is 38.6 Å². The minimum absolute atomic E-state index is 0.230. The summed E-state index contributed by atoms with van der Waals surface area (Å²) in [7, 11) is 0. The van der Waals surface area contributed by atoms with Gasteiger partial charge in [-0.2, -0.15) is 0 Å². The second-order valence-corrected chi connectivity index (χ2v) is 5.59. The second kappa shape index (κ2) is 5.96. The number of aliphatic hydroxyl groups excluding tert-OH is 1. The number of β-amino-alcohol motifs (C(OH)–C–C–N with tert-alkyl or cyclic N) is 1. The van der Waals surface area contributed by atoms with Gasteiger partial charge in [-0.3, -0.25) is 9.69 Å². The number of rotatable bonds is 4. The van der Waals surface area contributed by atoms with E-state index in [9.17, 15) is 9.90 Å². The Balaban J connectivity index is 1.98. The van der Waals surface area contributed by atoms with Crippen molar-refractivity contribution in [3.05, 3.63) is 0 Å². The zero-order valence-corrected chi connectivity index (χ0v) is 10.9. The van der Waals surface area contributed by atoms with Crippen LogP contribution in [-0.2, 0) is 4.79 Å². The lowest BCUT2D eigenvalue weighted by atomic mass is 9.88. The minimum atomic E-state index is -0.230. The third kappa shape index (κ3) is 3.08. The smallest absolute Gasteiger partial charge is 0.137 e. The first kappa shape index (κ1) is 13.0. The topological polar surface area (TPSA) is 40.5 Å². The van der Waals surface area contributed by atoms with Gasteiger partial charge in [0, 0.05) is 24.9 Å². The van der Waals surface area contributed by atoms with Crippen molar-refractivity contribution in [1.29, 1.82) is 0 Å². The van der Waals surface area contributed by atoms with Crippen molar-refractivity contribution in [1.82, 2.24) is 4.90 Å². The summed E-state index contributed by atoms with van der Waals surface area (Å²) in [5.74, 6) is 0.729. The molecule has 3 unspecified atom stereocenters. The molecule has 1 N–H and O–H groups in total. The largest absolute Gasteiger partial charge is 0.392 e. The van der Waals surface area contributed by atoms with Crippen LogP contribution in [0.15, 0.2) is 0 Å². The molecule has 1 aliphatic carbocycles. The van der Waals surface area contributed by atoms with Crippen LogP contribution < -0.4 is 0 Å². The average Bonchev–Trinajstić information content (AvgIpc) is 2.76. The Bertz CT molecular complexity index is 267. The first-order chi connectivity index (χ1) is 8.22. The molecule has 98 valence electrons. The standard InChI is InChI=1S/C14H25NO2/c1-2-11(16)10-15-9-4-3-7-13(15)12-6-5-8-14(12)17/h11-13,16H,2-10H2,1H3. The van der Waals surface area contributed by atoms with E-state index >= 15 is 0 Å². The van der Waals surface area contributed by atoms with E-state index in [4.69, 9.17) is 0 Å². The van der Waals surface area contributed by atoms with Crippen molar-refractivity contribution >= 4 is 5.78 Å². The van der Waals surface area contributed by atoms with Gasteiger partial charge in [-0.1, -0.05) is 13.3 Å². The maximum atomic E-state index is 11.9. The molecule has 1 aliphatic heterocycles. The molecule has 0 radical (unpaired) electrons. The Morgan fingerprint density at radius 1 is 1.35 bits per heavy atom. The normalized spacial score (nSPS) is 32.9. The predicted molar refractivity (Wildman–Crippen MR) is 67.9 cm³/mol.